The van der Waals surface area contributed by atoms with Gasteiger partial charge in [-0.05, 0) is 29.1 Å². The molecule has 1 aromatic carbocycles. The molecule has 0 aliphatic carbocycles. The number of hydrogen-bond donors (Lipinski definition) is 2. The zero-order valence-electron chi connectivity index (χ0n) is 10.9. The molecule has 2 aromatic rings. The Morgan fingerprint density at radius 3 is 2.29 bits per heavy atom. The minimum absolute atomic E-state index is 0.175. The van der Waals surface area contributed by atoms with Gasteiger partial charge in [0.25, 0.3) is 0 Å². The summed E-state index contributed by atoms with van der Waals surface area (Å²) in [6.45, 7) is 0.602. The molecule has 2 amide bonds. The highest BCUT2D eigenvalue weighted by atomic mass is 32.1. The molecule has 3 nitrogen and oxygen atoms in total. The van der Waals surface area contributed by atoms with Crippen molar-refractivity contribution in [3.8, 4) is 0 Å². The molecule has 2 N–H and O–H groups in total. The Morgan fingerprint density at radius 2 is 1.71 bits per heavy atom. The van der Waals surface area contributed by atoms with E-state index in [0.717, 1.165) is 17.0 Å². The molecule has 1 aromatic heterocycles. The number of alkyl halides is 3. The van der Waals surface area contributed by atoms with Crippen LogP contribution in [0.25, 0.3) is 0 Å². The van der Waals surface area contributed by atoms with Gasteiger partial charge in [-0.3, -0.25) is 0 Å². The molecular formula is C14H13F3N2OS. The minimum Gasteiger partial charge on any atom is -0.334 e. The summed E-state index contributed by atoms with van der Waals surface area (Å²) in [5, 5.41) is 7.18. The fraction of sp³-hybridized carbons (Fsp3) is 0.214. The highest BCUT2D eigenvalue weighted by Gasteiger charge is 2.29. The van der Waals surface area contributed by atoms with Crippen LogP contribution in [-0.4, -0.2) is 6.03 Å². The van der Waals surface area contributed by atoms with E-state index in [-0.39, 0.29) is 12.6 Å². The van der Waals surface area contributed by atoms with Gasteiger partial charge in [0.2, 0.25) is 0 Å². The van der Waals surface area contributed by atoms with Crippen LogP contribution >= 0.6 is 11.3 Å². The van der Waals surface area contributed by atoms with Crippen LogP contribution in [0.5, 0.6) is 0 Å². The number of carbonyl (C=O) groups is 1. The Kier molecular flexibility index (Phi) is 4.85. The van der Waals surface area contributed by atoms with Crippen molar-refractivity contribution in [1.82, 2.24) is 10.6 Å². The lowest BCUT2D eigenvalue weighted by atomic mass is 10.1. The maximum absolute atomic E-state index is 12.4. The summed E-state index contributed by atoms with van der Waals surface area (Å²) in [7, 11) is 0. The monoisotopic (exact) mass is 314 g/mol. The molecule has 0 atom stereocenters. The van der Waals surface area contributed by atoms with E-state index in [4.69, 9.17) is 0 Å². The van der Waals surface area contributed by atoms with Crippen molar-refractivity contribution in [3.05, 3.63) is 57.8 Å². The first-order valence-electron chi connectivity index (χ1n) is 6.15. The molecular weight excluding hydrogens is 301 g/mol. The quantitative estimate of drug-likeness (QED) is 0.886. The number of rotatable bonds is 4. The van der Waals surface area contributed by atoms with E-state index in [1.165, 1.54) is 23.5 Å². The number of amides is 2. The van der Waals surface area contributed by atoms with E-state index >= 15 is 0 Å². The smallest absolute Gasteiger partial charge is 0.334 e. The van der Waals surface area contributed by atoms with Gasteiger partial charge in [-0.1, -0.05) is 18.2 Å². The van der Waals surface area contributed by atoms with Gasteiger partial charge in [0, 0.05) is 11.4 Å². The van der Waals surface area contributed by atoms with E-state index in [0.29, 0.717) is 12.1 Å². The lowest BCUT2D eigenvalue weighted by molar-refractivity contribution is -0.137. The largest absolute Gasteiger partial charge is 0.416 e. The number of hydrogen-bond acceptors (Lipinski definition) is 2. The zero-order valence-corrected chi connectivity index (χ0v) is 11.7. The molecule has 0 bridgehead atoms. The van der Waals surface area contributed by atoms with E-state index in [1.54, 1.807) is 0 Å². The second-order valence-electron chi connectivity index (χ2n) is 4.31. The van der Waals surface area contributed by atoms with Gasteiger partial charge >= 0.3 is 12.2 Å². The maximum Gasteiger partial charge on any atom is 0.416 e. The van der Waals surface area contributed by atoms with Gasteiger partial charge in [0.1, 0.15) is 0 Å². The SMILES string of the molecule is O=C(NCc1ccc(C(F)(F)F)cc1)NCc1cccs1. The molecule has 0 radical (unpaired) electrons. The average Bonchev–Trinajstić information content (AvgIpc) is 2.95. The predicted molar refractivity (Wildman–Crippen MR) is 74.8 cm³/mol. The van der Waals surface area contributed by atoms with Gasteiger partial charge in [-0.25, -0.2) is 4.79 Å². The molecule has 0 aliphatic heterocycles. The second kappa shape index (κ2) is 6.62. The number of nitrogens with one attached hydrogen (secondary N) is 2. The predicted octanol–water partition coefficient (Wildman–Crippen LogP) is 3.77. The van der Waals surface area contributed by atoms with Crippen LogP contribution in [0, 0.1) is 0 Å². The number of carbonyl (C=O) groups excluding carboxylic acids is 1. The third-order valence-electron chi connectivity index (χ3n) is 2.74. The van der Waals surface area contributed by atoms with E-state index in [2.05, 4.69) is 10.6 Å². The summed E-state index contributed by atoms with van der Waals surface area (Å²) in [5.41, 5.74) is -0.0947. The summed E-state index contributed by atoms with van der Waals surface area (Å²) in [6.07, 6.45) is -4.34. The Hall–Kier alpha value is -2.02. The van der Waals surface area contributed by atoms with Crippen molar-refractivity contribution >= 4 is 17.4 Å². The van der Waals surface area contributed by atoms with E-state index in [9.17, 15) is 18.0 Å². The normalized spacial score (nSPS) is 11.2. The van der Waals surface area contributed by atoms with Crippen molar-refractivity contribution in [2.75, 3.05) is 0 Å². The molecule has 0 aliphatic rings. The summed E-state index contributed by atoms with van der Waals surface area (Å²) >= 11 is 1.53. The first-order chi connectivity index (χ1) is 9.95. The zero-order chi connectivity index (χ0) is 15.3. The first-order valence-corrected chi connectivity index (χ1v) is 7.03. The molecule has 112 valence electrons. The van der Waals surface area contributed by atoms with Crippen LogP contribution in [0.2, 0.25) is 0 Å². The van der Waals surface area contributed by atoms with E-state index < -0.39 is 11.7 Å². The van der Waals surface area contributed by atoms with Gasteiger partial charge in [-0.15, -0.1) is 11.3 Å². The van der Waals surface area contributed by atoms with E-state index in [1.807, 2.05) is 17.5 Å². The Morgan fingerprint density at radius 1 is 1.05 bits per heavy atom. The van der Waals surface area contributed by atoms with Crippen LogP contribution < -0.4 is 10.6 Å². The number of benzene rings is 1. The average molecular weight is 314 g/mol. The van der Waals surface area contributed by atoms with Crippen molar-refractivity contribution in [2.24, 2.45) is 0 Å². The molecule has 0 saturated carbocycles. The molecule has 0 unspecified atom stereocenters. The maximum atomic E-state index is 12.4. The molecule has 0 saturated heterocycles. The topological polar surface area (TPSA) is 41.1 Å². The van der Waals surface area contributed by atoms with Gasteiger partial charge in [-0.2, -0.15) is 13.2 Å². The van der Waals surface area contributed by atoms with Crippen LogP contribution in [0.1, 0.15) is 16.0 Å². The molecule has 2 rings (SSSR count). The fourth-order valence-electron chi connectivity index (χ4n) is 1.64. The Labute approximate surface area is 123 Å². The fourth-order valence-corrected chi connectivity index (χ4v) is 2.28. The summed E-state index contributed by atoms with van der Waals surface area (Å²) in [4.78, 5) is 12.6. The molecule has 0 fully saturated rings. The summed E-state index contributed by atoms with van der Waals surface area (Å²) in [6, 6.07) is 8.14. The third-order valence-corrected chi connectivity index (χ3v) is 3.61. The number of thiophene rings is 1. The van der Waals surface area contributed by atoms with Crippen molar-refractivity contribution in [3.63, 3.8) is 0 Å². The lowest BCUT2D eigenvalue weighted by Gasteiger charge is -2.09. The van der Waals surface area contributed by atoms with Gasteiger partial charge in [0.05, 0.1) is 12.1 Å². The molecule has 21 heavy (non-hydrogen) atoms. The van der Waals surface area contributed by atoms with Gasteiger partial charge < -0.3 is 10.6 Å². The second-order valence-corrected chi connectivity index (χ2v) is 5.34. The van der Waals surface area contributed by atoms with Crippen molar-refractivity contribution in [2.45, 2.75) is 19.3 Å². The van der Waals surface area contributed by atoms with Crippen molar-refractivity contribution < 1.29 is 18.0 Å². The minimum atomic E-state index is -4.34. The van der Waals surface area contributed by atoms with Gasteiger partial charge in [0.15, 0.2) is 0 Å². The first kappa shape index (κ1) is 15.4. The molecule has 7 heteroatoms. The summed E-state index contributed by atoms with van der Waals surface area (Å²) < 4.78 is 37.2. The van der Waals surface area contributed by atoms with Crippen LogP contribution in [0.3, 0.4) is 0 Å². The Balaban J connectivity index is 1.78. The number of urea groups is 1. The molecule has 0 spiro atoms. The molecule has 1 heterocycles. The van der Waals surface area contributed by atoms with Crippen LogP contribution in [-0.2, 0) is 19.3 Å². The highest BCUT2D eigenvalue weighted by Crippen LogP contribution is 2.28. The number of halogens is 3. The summed E-state index contributed by atoms with van der Waals surface area (Å²) in [5.74, 6) is 0. The lowest BCUT2D eigenvalue weighted by Crippen LogP contribution is -2.34. The van der Waals surface area contributed by atoms with Crippen LogP contribution in [0.4, 0.5) is 18.0 Å². The highest BCUT2D eigenvalue weighted by molar-refractivity contribution is 7.09. The van der Waals surface area contributed by atoms with Crippen molar-refractivity contribution in [1.29, 1.82) is 0 Å². The third kappa shape index (κ3) is 4.78. The Bertz CT molecular complexity index is 579. The van der Waals surface area contributed by atoms with Crippen LogP contribution in [0.15, 0.2) is 41.8 Å². The standard InChI is InChI=1S/C14H13F3N2OS/c15-14(16,17)11-5-3-10(4-6-11)8-18-13(20)19-9-12-2-1-7-21-12/h1-7H,8-9H2,(H2,18,19,20).